The molecule has 0 saturated carbocycles. The van der Waals surface area contributed by atoms with Crippen molar-refractivity contribution in [2.24, 2.45) is 12.9 Å². The summed E-state index contributed by atoms with van der Waals surface area (Å²) in [6, 6.07) is 0. The van der Waals surface area contributed by atoms with Gasteiger partial charge in [-0.05, 0) is 6.85 Å². The number of fused-ring (bicyclic) bond motifs is 1. The predicted molar refractivity (Wildman–Crippen MR) is 50.1 cm³/mol. The van der Waals surface area contributed by atoms with Crippen molar-refractivity contribution in [1.29, 1.82) is 0 Å². The topological polar surface area (TPSA) is 55.2 Å². The third kappa shape index (κ3) is 0.921. The van der Waals surface area contributed by atoms with E-state index in [-0.39, 0.29) is 11.5 Å². The number of hydrogen-bond acceptors (Lipinski definition) is 3. The van der Waals surface area contributed by atoms with Gasteiger partial charge in [0.1, 0.15) is 11.6 Å². The zero-order valence-corrected chi connectivity index (χ0v) is 7.31. The maximum Gasteiger partial charge on any atom is 0.238 e. The number of imidazole rings is 1. The third-order valence-electron chi connectivity index (χ3n) is 2.14. The van der Waals surface area contributed by atoms with E-state index in [9.17, 15) is 9.59 Å². The molecule has 14 heavy (non-hydrogen) atoms. The molecular formula is C9H11N3O2. The van der Waals surface area contributed by atoms with Crippen LogP contribution < -0.4 is 4.90 Å². The summed E-state index contributed by atoms with van der Waals surface area (Å²) in [5.74, 6) is -4.01. The van der Waals surface area contributed by atoms with Crippen molar-refractivity contribution < 1.29 is 17.8 Å². The lowest BCUT2D eigenvalue weighted by atomic mass is 9.98. The largest absolute Gasteiger partial charge is 0.329 e. The van der Waals surface area contributed by atoms with E-state index in [1.807, 2.05) is 0 Å². The van der Waals surface area contributed by atoms with Crippen molar-refractivity contribution in [3.05, 3.63) is 12.0 Å². The molecule has 1 atom stereocenters. The SMILES string of the molecule is [2H]C([2H])([2H])C1C(=O)c2c(ncn2C([2H])([2H])[2H])N(C)C1=O. The Hall–Kier alpha value is -1.65. The van der Waals surface area contributed by atoms with Gasteiger partial charge in [-0.3, -0.25) is 14.5 Å². The van der Waals surface area contributed by atoms with Crippen LogP contribution in [0.2, 0.25) is 0 Å². The van der Waals surface area contributed by atoms with Gasteiger partial charge < -0.3 is 4.57 Å². The van der Waals surface area contributed by atoms with Gasteiger partial charge in [-0.2, -0.15) is 0 Å². The minimum absolute atomic E-state index is 0.142. The first kappa shape index (κ1) is 4.25. The first-order valence-corrected chi connectivity index (χ1v) is 3.86. The van der Waals surface area contributed by atoms with E-state index in [0.29, 0.717) is 4.57 Å². The van der Waals surface area contributed by atoms with Gasteiger partial charge in [-0.25, -0.2) is 4.98 Å². The number of hydrogen-bond donors (Lipinski definition) is 0. The van der Waals surface area contributed by atoms with Crippen LogP contribution in [0.1, 0.15) is 25.6 Å². The maximum absolute atomic E-state index is 12.2. The fraction of sp³-hybridized carbons (Fsp3) is 0.444. The second-order valence-electron chi connectivity index (χ2n) is 2.98. The summed E-state index contributed by atoms with van der Waals surface area (Å²) in [4.78, 5) is 28.8. The molecule has 1 aliphatic rings. The molecule has 1 amide bonds. The van der Waals surface area contributed by atoms with Crippen LogP contribution in [0.25, 0.3) is 0 Å². The quantitative estimate of drug-likeness (QED) is 0.561. The molecule has 0 fully saturated rings. The summed E-state index contributed by atoms with van der Waals surface area (Å²) in [5, 5.41) is 0. The summed E-state index contributed by atoms with van der Waals surface area (Å²) in [6.45, 7) is -5.53. The Morgan fingerprint density at radius 2 is 2.36 bits per heavy atom. The van der Waals surface area contributed by atoms with Gasteiger partial charge in [0.15, 0.2) is 11.6 Å². The van der Waals surface area contributed by atoms with Gasteiger partial charge in [-0.1, -0.05) is 0 Å². The highest BCUT2D eigenvalue weighted by Gasteiger charge is 2.37. The van der Waals surface area contributed by atoms with Gasteiger partial charge in [0, 0.05) is 22.2 Å². The number of amides is 1. The number of rotatable bonds is 0. The van der Waals surface area contributed by atoms with Crippen molar-refractivity contribution in [3.8, 4) is 0 Å². The average Bonchev–Trinajstić information content (AvgIpc) is 2.68. The number of aromatic nitrogens is 2. The molecule has 0 saturated heterocycles. The fourth-order valence-electron chi connectivity index (χ4n) is 1.36. The number of ketones is 1. The van der Waals surface area contributed by atoms with E-state index < -0.39 is 31.4 Å². The first-order chi connectivity index (χ1) is 8.96. The highest BCUT2D eigenvalue weighted by atomic mass is 16.2. The molecule has 1 aromatic heterocycles. The lowest BCUT2D eigenvalue weighted by Gasteiger charge is -2.25. The smallest absolute Gasteiger partial charge is 0.238 e. The number of Topliss-reactive ketones (excluding diaryl/α,β-unsaturated/α-hetero) is 1. The van der Waals surface area contributed by atoms with Gasteiger partial charge in [0.05, 0.1) is 6.33 Å². The summed E-state index contributed by atoms with van der Waals surface area (Å²) in [6.07, 6.45) is 0.904. The first-order valence-electron chi connectivity index (χ1n) is 6.86. The highest BCUT2D eigenvalue weighted by Crippen LogP contribution is 2.27. The molecule has 0 radical (unpaired) electrons. The lowest BCUT2D eigenvalue weighted by Crippen LogP contribution is -2.41. The van der Waals surface area contributed by atoms with Crippen LogP contribution in [0, 0.1) is 5.92 Å². The molecule has 1 unspecified atom stereocenters. The summed E-state index contributed by atoms with van der Waals surface area (Å²) >= 11 is 0. The Morgan fingerprint density at radius 3 is 3.00 bits per heavy atom. The van der Waals surface area contributed by atoms with Crippen LogP contribution in [0.5, 0.6) is 0 Å². The van der Waals surface area contributed by atoms with Gasteiger partial charge in [0.25, 0.3) is 0 Å². The van der Waals surface area contributed by atoms with E-state index >= 15 is 0 Å². The van der Waals surface area contributed by atoms with Crippen LogP contribution in [0.15, 0.2) is 6.33 Å². The summed E-state index contributed by atoms with van der Waals surface area (Å²) < 4.78 is 44.4. The minimum atomic E-state index is -2.84. The second kappa shape index (κ2) is 2.67. The molecule has 0 aliphatic carbocycles. The molecule has 74 valence electrons. The predicted octanol–water partition coefficient (Wildman–Crippen LogP) is 0.215. The third-order valence-corrected chi connectivity index (χ3v) is 2.14. The van der Waals surface area contributed by atoms with E-state index in [2.05, 4.69) is 4.98 Å². The molecule has 0 aromatic carbocycles. The second-order valence-corrected chi connectivity index (χ2v) is 2.98. The van der Waals surface area contributed by atoms with Crippen LogP contribution >= 0.6 is 0 Å². The number of carbonyl (C=O) groups is 2. The van der Waals surface area contributed by atoms with Gasteiger partial charge >= 0.3 is 0 Å². The average molecular weight is 199 g/mol. The number of carbonyl (C=O) groups excluding carboxylic acids is 2. The Morgan fingerprint density at radius 1 is 1.57 bits per heavy atom. The zero-order valence-electron chi connectivity index (χ0n) is 13.3. The van der Waals surface area contributed by atoms with Crippen LogP contribution in [0.4, 0.5) is 5.82 Å². The van der Waals surface area contributed by atoms with Crippen molar-refractivity contribution in [3.63, 3.8) is 0 Å². The van der Waals surface area contributed by atoms with Crippen molar-refractivity contribution >= 4 is 17.5 Å². The molecule has 5 heteroatoms. The van der Waals surface area contributed by atoms with E-state index in [1.54, 1.807) is 0 Å². The molecule has 2 heterocycles. The normalized spacial score (nSPS) is 29.5. The number of anilines is 1. The molecule has 0 spiro atoms. The standard InChI is InChI=1S/C9H11N3O2/c1-5-7(13)6-8(10-4-11(6)2)12(3)9(5)14/h4-5H,1-3H3/i1D3,2D3. The summed E-state index contributed by atoms with van der Waals surface area (Å²) in [7, 11) is 1.25. The van der Waals surface area contributed by atoms with Crippen LogP contribution in [-0.4, -0.2) is 28.3 Å². The number of aryl methyl sites for hydroxylation is 1. The van der Waals surface area contributed by atoms with Crippen molar-refractivity contribution in [1.82, 2.24) is 9.55 Å². The van der Waals surface area contributed by atoms with E-state index in [1.165, 1.54) is 7.05 Å². The molecule has 0 N–H and O–H groups in total. The molecular weight excluding hydrogens is 182 g/mol. The fourth-order valence-corrected chi connectivity index (χ4v) is 1.36. The number of nitrogens with zero attached hydrogens (tertiary/aromatic N) is 3. The molecule has 1 aromatic rings. The Balaban J connectivity index is 2.66. The van der Waals surface area contributed by atoms with Gasteiger partial charge in [0.2, 0.25) is 5.91 Å². The monoisotopic (exact) mass is 199 g/mol. The highest BCUT2D eigenvalue weighted by molar-refractivity contribution is 6.19. The Bertz CT molecular complexity index is 587. The summed E-state index contributed by atoms with van der Waals surface area (Å²) in [5.41, 5.74) is -0.381. The van der Waals surface area contributed by atoms with Crippen LogP contribution in [0.3, 0.4) is 0 Å². The Kier molecular flexibility index (Phi) is 0.810. The van der Waals surface area contributed by atoms with E-state index in [4.69, 9.17) is 8.22 Å². The minimum Gasteiger partial charge on any atom is -0.329 e. The molecule has 1 aliphatic heterocycles. The molecule has 2 rings (SSSR count). The van der Waals surface area contributed by atoms with Crippen molar-refractivity contribution in [2.75, 3.05) is 11.9 Å². The van der Waals surface area contributed by atoms with Gasteiger partial charge in [-0.15, -0.1) is 0 Å². The van der Waals surface area contributed by atoms with Crippen molar-refractivity contribution in [2.45, 2.75) is 6.85 Å². The molecule has 5 nitrogen and oxygen atoms in total. The van der Waals surface area contributed by atoms with Crippen LogP contribution in [-0.2, 0) is 11.8 Å². The molecule has 0 bridgehead atoms. The zero-order chi connectivity index (χ0) is 15.5. The Labute approximate surface area is 89.8 Å². The van der Waals surface area contributed by atoms with E-state index in [0.717, 1.165) is 11.2 Å². The maximum atomic E-state index is 12.2. The lowest BCUT2D eigenvalue weighted by molar-refractivity contribution is -0.120.